The van der Waals surface area contributed by atoms with Crippen molar-refractivity contribution < 1.29 is 0 Å². The zero-order valence-corrected chi connectivity index (χ0v) is 6.15. The quantitative estimate of drug-likeness (QED) is 0.422. The molecule has 3 N–H and O–H groups in total. The minimum Gasteiger partial charge on any atom is -0.388 e. The van der Waals surface area contributed by atoms with Gasteiger partial charge >= 0.3 is 0 Å². The fraction of sp³-hybridized carbons (Fsp3) is 0.833. The van der Waals surface area contributed by atoms with Crippen LogP contribution in [0.5, 0.6) is 0 Å². The minimum absolute atomic E-state index is 0.289. The van der Waals surface area contributed by atoms with Gasteiger partial charge in [0.2, 0.25) is 0 Å². The lowest BCUT2D eigenvalue weighted by Crippen LogP contribution is -2.16. The third-order valence-corrected chi connectivity index (χ3v) is 1.05. The summed E-state index contributed by atoms with van der Waals surface area (Å²) in [4.78, 5) is 2.09. The maximum Gasteiger partial charge on any atom is 0.0905 e. The molecule has 0 saturated heterocycles. The summed E-state index contributed by atoms with van der Waals surface area (Å²) in [6, 6.07) is 0. The lowest BCUT2D eigenvalue weighted by molar-refractivity contribution is 0.403. The van der Waals surface area contributed by atoms with Crippen LogP contribution in [0.25, 0.3) is 0 Å². The van der Waals surface area contributed by atoms with Crippen molar-refractivity contribution in [1.82, 2.24) is 4.90 Å². The van der Waals surface area contributed by atoms with Crippen molar-refractivity contribution in [3.63, 3.8) is 0 Å². The van der Waals surface area contributed by atoms with Gasteiger partial charge in [0.1, 0.15) is 0 Å². The molecular formula is C6H15N3. The SMILES string of the molecule is CN(C)CCCC(=N)N. The first-order chi connectivity index (χ1) is 4.13. The van der Waals surface area contributed by atoms with Gasteiger partial charge in [-0.1, -0.05) is 0 Å². The van der Waals surface area contributed by atoms with Crippen LogP contribution in [-0.4, -0.2) is 31.4 Å². The van der Waals surface area contributed by atoms with Gasteiger partial charge in [0.05, 0.1) is 5.84 Å². The van der Waals surface area contributed by atoms with Gasteiger partial charge in [-0.15, -0.1) is 0 Å². The Bertz CT molecular complexity index is 88.3. The van der Waals surface area contributed by atoms with Gasteiger partial charge in [0, 0.05) is 6.42 Å². The van der Waals surface area contributed by atoms with Gasteiger partial charge in [-0.2, -0.15) is 0 Å². The zero-order chi connectivity index (χ0) is 7.28. The highest BCUT2D eigenvalue weighted by atomic mass is 15.0. The molecule has 0 atom stereocenters. The molecule has 0 fully saturated rings. The van der Waals surface area contributed by atoms with Crippen LogP contribution in [0.4, 0.5) is 0 Å². The molecule has 0 bridgehead atoms. The standard InChI is InChI=1S/C6H15N3/c1-9(2)5-3-4-6(7)8/h3-5H2,1-2H3,(H3,7,8). The molecule has 0 aliphatic rings. The summed E-state index contributed by atoms with van der Waals surface area (Å²) in [5, 5.41) is 6.90. The molecule has 3 nitrogen and oxygen atoms in total. The number of hydrogen-bond acceptors (Lipinski definition) is 2. The first kappa shape index (κ1) is 8.43. The number of nitrogens with two attached hydrogens (primary N) is 1. The Labute approximate surface area is 56.3 Å². The average Bonchev–Trinajstić information content (AvgIpc) is 1.63. The Morgan fingerprint density at radius 1 is 1.56 bits per heavy atom. The second kappa shape index (κ2) is 4.32. The molecule has 9 heavy (non-hydrogen) atoms. The van der Waals surface area contributed by atoms with Crippen LogP contribution < -0.4 is 5.73 Å². The van der Waals surface area contributed by atoms with Gasteiger partial charge in [-0.25, -0.2) is 0 Å². The molecule has 0 aromatic rings. The van der Waals surface area contributed by atoms with E-state index in [1.807, 2.05) is 14.1 Å². The molecule has 0 aromatic heterocycles. The zero-order valence-electron chi connectivity index (χ0n) is 6.15. The fourth-order valence-electron chi connectivity index (χ4n) is 0.586. The number of nitrogens with zero attached hydrogens (tertiary/aromatic N) is 1. The van der Waals surface area contributed by atoms with Crippen molar-refractivity contribution in [2.75, 3.05) is 20.6 Å². The Morgan fingerprint density at radius 2 is 2.11 bits per heavy atom. The van der Waals surface area contributed by atoms with Crippen LogP contribution in [0.15, 0.2) is 0 Å². The summed E-state index contributed by atoms with van der Waals surface area (Å²) in [5.74, 6) is 0.289. The number of nitrogens with one attached hydrogen (secondary N) is 1. The van der Waals surface area contributed by atoms with Gasteiger partial charge in [-0.05, 0) is 27.1 Å². The molecule has 0 saturated carbocycles. The Kier molecular flexibility index (Phi) is 4.05. The molecule has 0 aliphatic carbocycles. The molecule has 0 radical (unpaired) electrons. The normalized spacial score (nSPS) is 10.1. The summed E-state index contributed by atoms with van der Waals surface area (Å²) in [6.45, 7) is 1.01. The first-order valence-corrected chi connectivity index (χ1v) is 3.10. The van der Waals surface area contributed by atoms with Crippen molar-refractivity contribution in [1.29, 1.82) is 5.41 Å². The van der Waals surface area contributed by atoms with E-state index in [1.54, 1.807) is 0 Å². The number of amidine groups is 1. The molecule has 3 heteroatoms. The van der Waals surface area contributed by atoms with Crippen LogP contribution in [0.3, 0.4) is 0 Å². The highest BCUT2D eigenvalue weighted by Crippen LogP contribution is 1.88. The largest absolute Gasteiger partial charge is 0.388 e. The van der Waals surface area contributed by atoms with E-state index in [2.05, 4.69) is 4.90 Å². The van der Waals surface area contributed by atoms with E-state index >= 15 is 0 Å². The molecule has 0 aromatic carbocycles. The third kappa shape index (κ3) is 7.43. The van der Waals surface area contributed by atoms with Crippen LogP contribution in [0.2, 0.25) is 0 Å². The highest BCUT2D eigenvalue weighted by molar-refractivity contribution is 5.76. The van der Waals surface area contributed by atoms with E-state index in [1.165, 1.54) is 0 Å². The summed E-state index contributed by atoms with van der Waals surface area (Å²) in [7, 11) is 4.03. The average molecular weight is 129 g/mol. The first-order valence-electron chi connectivity index (χ1n) is 3.10. The molecule has 0 aliphatic heterocycles. The van der Waals surface area contributed by atoms with Gasteiger partial charge in [0.25, 0.3) is 0 Å². The van der Waals surface area contributed by atoms with Crippen molar-refractivity contribution in [2.24, 2.45) is 5.73 Å². The molecule has 0 heterocycles. The van der Waals surface area contributed by atoms with Gasteiger partial charge in [0.15, 0.2) is 0 Å². The minimum atomic E-state index is 0.289. The van der Waals surface area contributed by atoms with Gasteiger partial charge < -0.3 is 10.6 Å². The molecule has 54 valence electrons. The van der Waals surface area contributed by atoms with Crippen molar-refractivity contribution in [3.05, 3.63) is 0 Å². The van der Waals surface area contributed by atoms with Crippen molar-refractivity contribution in [2.45, 2.75) is 12.8 Å². The number of rotatable bonds is 4. The maximum absolute atomic E-state index is 6.90. The van der Waals surface area contributed by atoms with E-state index < -0.39 is 0 Å². The molecule has 0 unspecified atom stereocenters. The van der Waals surface area contributed by atoms with E-state index in [-0.39, 0.29) is 5.84 Å². The summed E-state index contributed by atoms with van der Waals surface area (Å²) < 4.78 is 0. The Morgan fingerprint density at radius 3 is 2.44 bits per heavy atom. The lowest BCUT2D eigenvalue weighted by Gasteiger charge is -2.07. The van der Waals surface area contributed by atoms with E-state index in [4.69, 9.17) is 11.1 Å². The Hall–Kier alpha value is -0.570. The molecule has 0 spiro atoms. The maximum atomic E-state index is 6.90. The van der Waals surface area contributed by atoms with Gasteiger partial charge in [-0.3, -0.25) is 5.41 Å². The predicted molar refractivity (Wildman–Crippen MR) is 39.7 cm³/mol. The monoisotopic (exact) mass is 129 g/mol. The van der Waals surface area contributed by atoms with E-state index in [0.717, 1.165) is 19.4 Å². The summed E-state index contributed by atoms with van der Waals surface area (Å²) in [5.41, 5.74) is 5.14. The van der Waals surface area contributed by atoms with Crippen LogP contribution in [0, 0.1) is 5.41 Å². The summed E-state index contributed by atoms with van der Waals surface area (Å²) in [6.07, 6.45) is 1.71. The van der Waals surface area contributed by atoms with E-state index in [0.29, 0.717) is 0 Å². The van der Waals surface area contributed by atoms with Crippen LogP contribution >= 0.6 is 0 Å². The summed E-state index contributed by atoms with van der Waals surface area (Å²) >= 11 is 0. The topological polar surface area (TPSA) is 53.1 Å². The van der Waals surface area contributed by atoms with E-state index in [9.17, 15) is 0 Å². The second-order valence-corrected chi connectivity index (χ2v) is 2.43. The fourth-order valence-corrected chi connectivity index (χ4v) is 0.586. The second-order valence-electron chi connectivity index (χ2n) is 2.43. The smallest absolute Gasteiger partial charge is 0.0905 e. The molecular weight excluding hydrogens is 114 g/mol. The van der Waals surface area contributed by atoms with Crippen LogP contribution in [-0.2, 0) is 0 Å². The highest BCUT2D eigenvalue weighted by Gasteiger charge is 1.91. The van der Waals surface area contributed by atoms with Crippen LogP contribution in [0.1, 0.15) is 12.8 Å². The van der Waals surface area contributed by atoms with Crippen molar-refractivity contribution >= 4 is 5.84 Å². The van der Waals surface area contributed by atoms with Crippen molar-refractivity contribution in [3.8, 4) is 0 Å². The lowest BCUT2D eigenvalue weighted by atomic mass is 10.3. The number of hydrogen-bond donors (Lipinski definition) is 2. The predicted octanol–water partition coefficient (Wildman–Crippen LogP) is 0.264. The molecule has 0 rings (SSSR count). The third-order valence-electron chi connectivity index (χ3n) is 1.05. The Balaban J connectivity index is 3.01. The molecule has 0 amide bonds.